The van der Waals surface area contributed by atoms with Gasteiger partial charge < -0.3 is 10.5 Å². The molecule has 0 spiro atoms. The highest BCUT2D eigenvalue weighted by Crippen LogP contribution is 2.30. The Morgan fingerprint density at radius 2 is 1.67 bits per heavy atom. The van der Waals surface area contributed by atoms with E-state index in [0.29, 0.717) is 6.10 Å². The van der Waals surface area contributed by atoms with Crippen LogP contribution in [0.1, 0.15) is 12.8 Å². The van der Waals surface area contributed by atoms with E-state index in [-0.39, 0.29) is 24.8 Å². The average molecular weight is 291 g/mol. The fourth-order valence-corrected chi connectivity index (χ4v) is 2.77. The molecule has 3 aliphatic heterocycles. The average Bonchev–Trinajstić information content (AvgIpc) is 2.34. The van der Waals surface area contributed by atoms with Crippen LogP contribution in [-0.4, -0.2) is 30.6 Å². The maximum atomic E-state index is 6.05. The Bertz CT molecular complexity index is 364. The Labute approximate surface area is 120 Å². The van der Waals surface area contributed by atoms with Crippen LogP contribution in [0.2, 0.25) is 0 Å². The Morgan fingerprint density at radius 3 is 2.17 bits per heavy atom. The molecule has 3 nitrogen and oxygen atoms in total. The molecule has 2 bridgehead atoms. The second kappa shape index (κ2) is 6.50. The number of nitrogen functional groups attached to an aromatic ring is 1. The monoisotopic (exact) mass is 290 g/mol. The number of nitrogens with zero attached hydrogens (tertiary/aromatic N) is 1. The second-order valence-electron chi connectivity index (χ2n) is 4.86. The van der Waals surface area contributed by atoms with Crippen molar-refractivity contribution in [2.45, 2.75) is 18.9 Å². The fraction of sp³-hybridized carbons (Fsp3) is 0.538. The van der Waals surface area contributed by atoms with Crippen LogP contribution in [0.5, 0.6) is 5.75 Å². The smallest absolute Gasteiger partial charge is 0.119 e. The summed E-state index contributed by atoms with van der Waals surface area (Å²) in [7, 11) is 0. The molecule has 0 radical (unpaired) electrons. The summed E-state index contributed by atoms with van der Waals surface area (Å²) in [5.41, 5.74) is 6.45. The van der Waals surface area contributed by atoms with Gasteiger partial charge in [-0.25, -0.2) is 0 Å². The van der Waals surface area contributed by atoms with Gasteiger partial charge in [-0.15, -0.1) is 24.8 Å². The Balaban J connectivity index is 0.000000810. The molecule has 1 unspecified atom stereocenters. The fourth-order valence-electron chi connectivity index (χ4n) is 2.77. The van der Waals surface area contributed by atoms with Gasteiger partial charge in [0.15, 0.2) is 0 Å². The minimum absolute atomic E-state index is 0. The predicted octanol–water partition coefficient (Wildman–Crippen LogP) is 2.59. The molecule has 3 fully saturated rings. The van der Waals surface area contributed by atoms with Gasteiger partial charge in [0, 0.05) is 12.2 Å². The van der Waals surface area contributed by atoms with Gasteiger partial charge in [0.25, 0.3) is 0 Å². The van der Waals surface area contributed by atoms with Crippen molar-refractivity contribution in [1.82, 2.24) is 4.90 Å². The molecule has 0 amide bonds. The Hall–Kier alpha value is -0.640. The number of benzene rings is 1. The molecular formula is C13H20Cl2N2O. The third-order valence-corrected chi connectivity index (χ3v) is 3.76. The molecule has 4 rings (SSSR count). The quantitative estimate of drug-likeness (QED) is 0.851. The summed E-state index contributed by atoms with van der Waals surface area (Å²) in [5.74, 6) is 1.70. The van der Waals surface area contributed by atoms with Crippen LogP contribution in [0.3, 0.4) is 0 Å². The molecule has 3 heterocycles. The Morgan fingerprint density at radius 1 is 1.06 bits per heavy atom. The number of rotatable bonds is 2. The maximum Gasteiger partial charge on any atom is 0.119 e. The standard InChI is InChI=1S/C13H18N2O.2ClH/c14-11-1-3-12(4-2-11)16-13-9-15-7-5-10(13)6-8-15;;/h1-4,10,13H,5-9,14H2;2*1H. The number of ether oxygens (including phenoxy) is 1. The summed E-state index contributed by atoms with van der Waals surface area (Å²) < 4.78 is 6.05. The lowest BCUT2D eigenvalue weighted by Crippen LogP contribution is -2.52. The molecule has 1 atom stereocenters. The molecular weight excluding hydrogens is 271 g/mol. The lowest BCUT2D eigenvalue weighted by Gasteiger charge is -2.44. The van der Waals surface area contributed by atoms with E-state index < -0.39 is 0 Å². The minimum atomic E-state index is 0. The van der Waals surface area contributed by atoms with Crippen molar-refractivity contribution in [1.29, 1.82) is 0 Å². The molecule has 3 aliphatic rings. The molecule has 3 saturated heterocycles. The van der Waals surface area contributed by atoms with Crippen molar-refractivity contribution < 1.29 is 4.74 Å². The number of hydrogen-bond donors (Lipinski definition) is 1. The van der Waals surface area contributed by atoms with Crippen LogP contribution < -0.4 is 10.5 Å². The molecule has 5 heteroatoms. The van der Waals surface area contributed by atoms with E-state index in [0.717, 1.165) is 23.9 Å². The number of nitrogens with two attached hydrogens (primary N) is 1. The number of hydrogen-bond acceptors (Lipinski definition) is 3. The Kier molecular flexibility index (Phi) is 5.57. The third kappa shape index (κ3) is 3.22. The molecule has 18 heavy (non-hydrogen) atoms. The van der Waals surface area contributed by atoms with Gasteiger partial charge >= 0.3 is 0 Å². The summed E-state index contributed by atoms with van der Waals surface area (Å²) in [6, 6.07) is 7.73. The zero-order valence-corrected chi connectivity index (χ0v) is 11.9. The SMILES string of the molecule is Cl.Cl.Nc1ccc(OC2CN3CCC2CC3)cc1. The molecule has 2 N–H and O–H groups in total. The van der Waals surface area contributed by atoms with Gasteiger partial charge in [-0.05, 0) is 56.1 Å². The van der Waals surface area contributed by atoms with Crippen LogP contribution in [0.25, 0.3) is 0 Å². The normalized spacial score (nSPS) is 29.0. The topological polar surface area (TPSA) is 38.5 Å². The third-order valence-electron chi connectivity index (χ3n) is 3.76. The lowest BCUT2D eigenvalue weighted by molar-refractivity contribution is -0.00775. The highest BCUT2D eigenvalue weighted by molar-refractivity contribution is 5.85. The van der Waals surface area contributed by atoms with E-state index in [9.17, 15) is 0 Å². The van der Waals surface area contributed by atoms with Gasteiger partial charge in [-0.3, -0.25) is 4.90 Å². The van der Waals surface area contributed by atoms with E-state index >= 15 is 0 Å². The molecule has 0 saturated carbocycles. The lowest BCUT2D eigenvalue weighted by atomic mass is 9.86. The second-order valence-corrected chi connectivity index (χ2v) is 4.86. The summed E-state index contributed by atoms with van der Waals surface area (Å²) in [6.07, 6.45) is 2.96. The zero-order valence-electron chi connectivity index (χ0n) is 10.2. The number of halogens is 2. The van der Waals surface area contributed by atoms with Crippen LogP contribution in [0, 0.1) is 5.92 Å². The van der Waals surface area contributed by atoms with Gasteiger partial charge in [0.2, 0.25) is 0 Å². The first-order valence-electron chi connectivity index (χ1n) is 6.06. The first-order chi connectivity index (χ1) is 7.81. The highest BCUT2D eigenvalue weighted by atomic mass is 35.5. The van der Waals surface area contributed by atoms with Gasteiger partial charge in [-0.1, -0.05) is 0 Å². The van der Waals surface area contributed by atoms with E-state index in [1.54, 1.807) is 0 Å². The molecule has 0 aromatic heterocycles. The largest absolute Gasteiger partial charge is 0.489 e. The number of anilines is 1. The van der Waals surface area contributed by atoms with E-state index in [1.807, 2.05) is 24.3 Å². The van der Waals surface area contributed by atoms with Crippen LogP contribution in [-0.2, 0) is 0 Å². The van der Waals surface area contributed by atoms with Crippen LogP contribution in [0.15, 0.2) is 24.3 Å². The maximum absolute atomic E-state index is 6.05. The van der Waals surface area contributed by atoms with Gasteiger partial charge in [0.1, 0.15) is 11.9 Å². The van der Waals surface area contributed by atoms with Crippen molar-refractivity contribution in [2.75, 3.05) is 25.4 Å². The molecule has 0 aliphatic carbocycles. The van der Waals surface area contributed by atoms with Crippen LogP contribution in [0.4, 0.5) is 5.69 Å². The summed E-state index contributed by atoms with van der Waals surface area (Å²) in [5, 5.41) is 0. The molecule has 1 aromatic rings. The van der Waals surface area contributed by atoms with Crippen molar-refractivity contribution in [3.63, 3.8) is 0 Å². The van der Waals surface area contributed by atoms with Crippen molar-refractivity contribution >= 4 is 30.5 Å². The van der Waals surface area contributed by atoms with E-state index in [1.165, 1.54) is 25.9 Å². The molecule has 102 valence electrons. The van der Waals surface area contributed by atoms with Gasteiger partial charge in [-0.2, -0.15) is 0 Å². The number of piperidine rings is 3. The summed E-state index contributed by atoms with van der Waals surface area (Å²) in [4.78, 5) is 2.50. The molecule has 1 aromatic carbocycles. The highest BCUT2D eigenvalue weighted by Gasteiger charge is 2.35. The van der Waals surface area contributed by atoms with Crippen molar-refractivity contribution in [3.05, 3.63) is 24.3 Å². The van der Waals surface area contributed by atoms with E-state index in [2.05, 4.69) is 4.90 Å². The minimum Gasteiger partial charge on any atom is -0.489 e. The van der Waals surface area contributed by atoms with E-state index in [4.69, 9.17) is 10.5 Å². The zero-order chi connectivity index (χ0) is 11.0. The summed E-state index contributed by atoms with van der Waals surface area (Å²) >= 11 is 0. The van der Waals surface area contributed by atoms with Crippen molar-refractivity contribution in [2.24, 2.45) is 5.92 Å². The number of fused-ring (bicyclic) bond motifs is 3. The van der Waals surface area contributed by atoms with Gasteiger partial charge in [0.05, 0.1) is 0 Å². The first kappa shape index (κ1) is 15.4. The van der Waals surface area contributed by atoms with Crippen LogP contribution >= 0.6 is 24.8 Å². The summed E-state index contributed by atoms with van der Waals surface area (Å²) in [6.45, 7) is 3.60. The first-order valence-corrected chi connectivity index (χ1v) is 6.06. The predicted molar refractivity (Wildman–Crippen MR) is 78.9 cm³/mol. The van der Waals surface area contributed by atoms with Crippen molar-refractivity contribution in [3.8, 4) is 5.75 Å².